The molecule has 1 aromatic rings. The third-order valence-electron chi connectivity index (χ3n) is 2.87. The number of nitrogens with one attached hydrogen (secondary N) is 1. The normalized spacial score (nSPS) is 13.4. The number of alkyl halides is 3. The molecular formula is C11H16F3N3O2. The van der Waals surface area contributed by atoms with Gasteiger partial charge in [-0.25, -0.2) is 0 Å². The molecule has 0 bridgehead atoms. The van der Waals surface area contributed by atoms with Gasteiger partial charge >= 0.3 is 6.18 Å². The van der Waals surface area contributed by atoms with Crippen molar-refractivity contribution in [2.45, 2.75) is 32.5 Å². The van der Waals surface area contributed by atoms with Crippen LogP contribution in [0.2, 0.25) is 0 Å². The molecule has 108 valence electrons. The fourth-order valence-corrected chi connectivity index (χ4v) is 1.62. The molecule has 0 saturated heterocycles. The molecule has 0 spiro atoms. The Morgan fingerprint density at radius 1 is 1.47 bits per heavy atom. The summed E-state index contributed by atoms with van der Waals surface area (Å²) in [6.07, 6.45) is -7.34. The number of halogens is 3. The van der Waals surface area contributed by atoms with Crippen molar-refractivity contribution in [3.63, 3.8) is 0 Å². The van der Waals surface area contributed by atoms with Gasteiger partial charge in [0, 0.05) is 18.3 Å². The summed E-state index contributed by atoms with van der Waals surface area (Å²) in [6.45, 7) is 2.65. The predicted molar refractivity (Wildman–Crippen MR) is 61.5 cm³/mol. The van der Waals surface area contributed by atoms with E-state index in [4.69, 9.17) is 5.11 Å². The monoisotopic (exact) mass is 279 g/mol. The first kappa shape index (κ1) is 15.5. The zero-order valence-electron chi connectivity index (χ0n) is 10.9. The summed E-state index contributed by atoms with van der Waals surface area (Å²) in [5.74, 6) is -0.581. The number of hydrogen-bond acceptors (Lipinski definition) is 3. The van der Waals surface area contributed by atoms with E-state index in [1.165, 1.54) is 0 Å². The minimum Gasteiger partial charge on any atom is -0.382 e. The molecule has 0 aliphatic heterocycles. The van der Waals surface area contributed by atoms with Crippen molar-refractivity contribution in [1.29, 1.82) is 0 Å². The first-order valence-corrected chi connectivity index (χ1v) is 5.63. The number of amides is 1. The van der Waals surface area contributed by atoms with Crippen molar-refractivity contribution >= 4 is 5.91 Å². The van der Waals surface area contributed by atoms with E-state index in [0.29, 0.717) is 11.3 Å². The number of aryl methyl sites for hydroxylation is 2. The van der Waals surface area contributed by atoms with E-state index in [9.17, 15) is 18.0 Å². The van der Waals surface area contributed by atoms with E-state index in [0.717, 1.165) is 5.69 Å². The zero-order valence-corrected chi connectivity index (χ0v) is 10.9. The summed E-state index contributed by atoms with van der Waals surface area (Å²) in [5, 5.41) is 14.9. The van der Waals surface area contributed by atoms with Gasteiger partial charge in [0.25, 0.3) is 0 Å². The second-order valence-electron chi connectivity index (χ2n) is 4.31. The lowest BCUT2D eigenvalue weighted by atomic mass is 10.1. The fraction of sp³-hybridized carbons (Fsp3) is 0.636. The van der Waals surface area contributed by atoms with Gasteiger partial charge in [-0.05, 0) is 13.8 Å². The van der Waals surface area contributed by atoms with Gasteiger partial charge in [0.2, 0.25) is 5.91 Å². The van der Waals surface area contributed by atoms with Gasteiger partial charge in [-0.2, -0.15) is 18.3 Å². The Balaban J connectivity index is 2.57. The molecule has 1 atom stereocenters. The van der Waals surface area contributed by atoms with E-state index >= 15 is 0 Å². The van der Waals surface area contributed by atoms with Crippen LogP contribution < -0.4 is 5.32 Å². The smallest absolute Gasteiger partial charge is 0.382 e. The minimum atomic E-state index is -4.73. The van der Waals surface area contributed by atoms with Gasteiger partial charge in [0.05, 0.1) is 18.7 Å². The van der Waals surface area contributed by atoms with Crippen molar-refractivity contribution in [2.24, 2.45) is 7.05 Å². The zero-order chi connectivity index (χ0) is 14.8. The average molecular weight is 279 g/mol. The molecule has 19 heavy (non-hydrogen) atoms. The lowest BCUT2D eigenvalue weighted by Gasteiger charge is -2.15. The second-order valence-corrected chi connectivity index (χ2v) is 4.31. The van der Waals surface area contributed by atoms with E-state index in [1.807, 2.05) is 0 Å². The van der Waals surface area contributed by atoms with Crippen LogP contribution in [0.1, 0.15) is 17.0 Å². The molecule has 0 saturated carbocycles. The number of aliphatic hydroxyl groups excluding tert-OH is 1. The molecule has 1 amide bonds. The van der Waals surface area contributed by atoms with E-state index in [-0.39, 0.29) is 6.42 Å². The summed E-state index contributed by atoms with van der Waals surface area (Å²) in [5.41, 5.74) is 2.12. The van der Waals surface area contributed by atoms with Gasteiger partial charge < -0.3 is 10.4 Å². The molecule has 1 heterocycles. The number of rotatable bonds is 4. The van der Waals surface area contributed by atoms with Crippen LogP contribution >= 0.6 is 0 Å². The standard InChI is InChI=1S/C11H16F3N3O2/c1-6-8(7(2)17(3)16-6)4-10(19)15-5-9(18)11(12,13)14/h9,18H,4-5H2,1-3H3,(H,15,19). The third-order valence-corrected chi connectivity index (χ3v) is 2.87. The van der Waals surface area contributed by atoms with Crippen molar-refractivity contribution in [3.8, 4) is 0 Å². The molecule has 0 aromatic carbocycles. The maximum absolute atomic E-state index is 12.0. The highest BCUT2D eigenvalue weighted by molar-refractivity contribution is 5.79. The van der Waals surface area contributed by atoms with Gasteiger partial charge in [-0.1, -0.05) is 0 Å². The first-order valence-electron chi connectivity index (χ1n) is 5.63. The Labute approximate surface area is 108 Å². The van der Waals surface area contributed by atoms with Crippen LogP contribution in [0, 0.1) is 13.8 Å². The van der Waals surface area contributed by atoms with Crippen LogP contribution in [0.4, 0.5) is 13.2 Å². The Bertz CT molecular complexity index is 468. The van der Waals surface area contributed by atoms with Gasteiger partial charge in [0.15, 0.2) is 6.10 Å². The molecule has 0 fully saturated rings. The van der Waals surface area contributed by atoms with Crippen LogP contribution in [0.25, 0.3) is 0 Å². The van der Waals surface area contributed by atoms with E-state index in [2.05, 4.69) is 10.4 Å². The van der Waals surface area contributed by atoms with Gasteiger partial charge in [0.1, 0.15) is 0 Å². The molecule has 0 aliphatic carbocycles. The highest BCUT2D eigenvalue weighted by Gasteiger charge is 2.38. The molecule has 0 radical (unpaired) electrons. The van der Waals surface area contributed by atoms with Crippen molar-refractivity contribution < 1.29 is 23.1 Å². The van der Waals surface area contributed by atoms with Gasteiger partial charge in [-0.15, -0.1) is 0 Å². The molecule has 1 unspecified atom stereocenters. The Morgan fingerprint density at radius 2 is 2.05 bits per heavy atom. The summed E-state index contributed by atoms with van der Waals surface area (Å²) in [4.78, 5) is 11.5. The maximum atomic E-state index is 12.0. The number of carbonyl (C=O) groups is 1. The number of aliphatic hydroxyl groups is 1. The van der Waals surface area contributed by atoms with E-state index in [1.54, 1.807) is 25.6 Å². The molecule has 1 rings (SSSR count). The average Bonchev–Trinajstić information content (AvgIpc) is 2.51. The Kier molecular flexibility index (Phi) is 4.56. The third kappa shape index (κ3) is 3.95. The van der Waals surface area contributed by atoms with Gasteiger partial charge in [-0.3, -0.25) is 9.48 Å². The molecule has 1 aromatic heterocycles. The molecule has 8 heteroatoms. The van der Waals surface area contributed by atoms with Crippen LogP contribution in [-0.4, -0.2) is 39.6 Å². The number of hydrogen-bond donors (Lipinski definition) is 2. The molecule has 5 nitrogen and oxygen atoms in total. The van der Waals surface area contributed by atoms with E-state index < -0.39 is 24.7 Å². The van der Waals surface area contributed by atoms with Crippen LogP contribution in [0.5, 0.6) is 0 Å². The SMILES string of the molecule is Cc1nn(C)c(C)c1CC(=O)NCC(O)C(F)(F)F. The topological polar surface area (TPSA) is 67.2 Å². The number of carbonyl (C=O) groups excluding carboxylic acids is 1. The highest BCUT2D eigenvalue weighted by atomic mass is 19.4. The maximum Gasteiger partial charge on any atom is 0.416 e. The summed E-state index contributed by atoms with van der Waals surface area (Å²) in [6, 6.07) is 0. The van der Waals surface area contributed by atoms with Crippen molar-refractivity contribution in [2.75, 3.05) is 6.54 Å². The molecule has 2 N–H and O–H groups in total. The summed E-state index contributed by atoms with van der Waals surface area (Å²) >= 11 is 0. The highest BCUT2D eigenvalue weighted by Crippen LogP contribution is 2.19. The minimum absolute atomic E-state index is 0.0594. The fourth-order valence-electron chi connectivity index (χ4n) is 1.62. The van der Waals surface area contributed by atoms with Crippen LogP contribution in [-0.2, 0) is 18.3 Å². The lowest BCUT2D eigenvalue weighted by Crippen LogP contribution is -2.41. The Hall–Kier alpha value is -1.57. The number of nitrogens with zero attached hydrogens (tertiary/aromatic N) is 2. The number of aromatic nitrogens is 2. The first-order chi connectivity index (χ1) is 8.62. The summed E-state index contributed by atoms with van der Waals surface area (Å²) in [7, 11) is 1.72. The Morgan fingerprint density at radius 3 is 2.47 bits per heavy atom. The molecular weight excluding hydrogens is 263 g/mol. The molecule has 0 aliphatic rings. The largest absolute Gasteiger partial charge is 0.416 e. The van der Waals surface area contributed by atoms with Crippen LogP contribution in [0.15, 0.2) is 0 Å². The quantitative estimate of drug-likeness (QED) is 0.849. The lowest BCUT2D eigenvalue weighted by molar-refractivity contribution is -0.201. The second kappa shape index (κ2) is 5.60. The van der Waals surface area contributed by atoms with Crippen LogP contribution in [0.3, 0.4) is 0 Å². The van der Waals surface area contributed by atoms with Crippen molar-refractivity contribution in [1.82, 2.24) is 15.1 Å². The van der Waals surface area contributed by atoms with Crippen molar-refractivity contribution in [3.05, 3.63) is 17.0 Å². The summed E-state index contributed by atoms with van der Waals surface area (Å²) < 4.78 is 37.7. The predicted octanol–water partition coefficient (Wildman–Crippen LogP) is 0.619.